The summed E-state index contributed by atoms with van der Waals surface area (Å²) in [5.41, 5.74) is 2.62. The molecule has 0 saturated carbocycles. The van der Waals surface area contributed by atoms with Gasteiger partial charge in [0.05, 0.1) is 18.0 Å². The molecule has 0 spiro atoms. The Bertz CT molecular complexity index is 1150. The number of hydrogen-bond acceptors (Lipinski definition) is 5. The van der Waals surface area contributed by atoms with Crippen molar-refractivity contribution in [2.45, 2.75) is 13.0 Å². The molecule has 0 amide bonds. The minimum Gasteiger partial charge on any atom is -0.355 e. The Hall–Kier alpha value is -2.41. The van der Waals surface area contributed by atoms with Gasteiger partial charge in [-0.05, 0) is 30.2 Å². The fraction of sp³-hybridized carbons (Fsp3) is 0.316. The van der Waals surface area contributed by atoms with Crippen LogP contribution in [-0.2, 0) is 23.0 Å². The molecule has 9 nitrogen and oxygen atoms in total. The van der Waals surface area contributed by atoms with Crippen molar-refractivity contribution in [3.05, 3.63) is 60.0 Å². The first-order valence-electron chi connectivity index (χ1n) is 9.40. The van der Waals surface area contributed by atoms with E-state index in [0.717, 1.165) is 29.1 Å². The van der Waals surface area contributed by atoms with Crippen LogP contribution in [0.25, 0.3) is 5.65 Å². The lowest BCUT2D eigenvalue weighted by molar-refractivity contribution is 0.590. The summed E-state index contributed by atoms with van der Waals surface area (Å²) >= 11 is 0. The molecule has 30 heavy (non-hydrogen) atoms. The minimum absolute atomic E-state index is 0. The molecule has 11 heteroatoms. The first kappa shape index (κ1) is 22.3. The highest BCUT2D eigenvalue weighted by Crippen LogP contribution is 2.29. The molecule has 3 aromatic rings. The zero-order valence-corrected chi connectivity index (χ0v) is 19.7. The van der Waals surface area contributed by atoms with Gasteiger partial charge in [0.25, 0.3) is 0 Å². The van der Waals surface area contributed by atoms with Crippen molar-refractivity contribution in [3.63, 3.8) is 0 Å². The number of nitrogens with one attached hydrogen (secondary N) is 2. The molecule has 1 aliphatic heterocycles. The summed E-state index contributed by atoms with van der Waals surface area (Å²) in [6, 6.07) is 13.3. The number of hydrogen-bond donors (Lipinski definition) is 2. The summed E-state index contributed by atoms with van der Waals surface area (Å²) in [5.74, 6) is 1.23. The molecule has 0 unspecified atom stereocenters. The van der Waals surface area contributed by atoms with Crippen LogP contribution < -0.4 is 14.9 Å². The maximum Gasteiger partial charge on any atom is 0.236 e. The van der Waals surface area contributed by atoms with Gasteiger partial charge in [-0.1, -0.05) is 24.3 Å². The van der Waals surface area contributed by atoms with Crippen LogP contribution in [0.3, 0.4) is 0 Å². The topological polar surface area (TPSA) is 104 Å². The third-order valence-electron chi connectivity index (χ3n) is 4.85. The van der Waals surface area contributed by atoms with E-state index in [1.54, 1.807) is 7.05 Å². The Morgan fingerprint density at radius 2 is 1.93 bits per heavy atom. The average molecular weight is 541 g/mol. The van der Waals surface area contributed by atoms with Crippen molar-refractivity contribution >= 4 is 51.3 Å². The standard InChI is InChI=1S/C19H23N7O2S.HI/c1-20-19(22-14-18-24-23-17-8-4-5-11-25(17)18)21-10-13-29(27,28)26-12-9-15-6-2-3-7-16(15)26;/h2-8,11H,9-10,12-14H2,1H3,(H2,20,21,22);1H. The van der Waals surface area contributed by atoms with Crippen molar-refractivity contribution in [1.82, 2.24) is 25.2 Å². The second-order valence-electron chi connectivity index (χ2n) is 6.66. The van der Waals surface area contributed by atoms with Gasteiger partial charge in [-0.3, -0.25) is 13.7 Å². The third-order valence-corrected chi connectivity index (χ3v) is 6.63. The predicted molar refractivity (Wildman–Crippen MR) is 128 cm³/mol. The van der Waals surface area contributed by atoms with Crippen LogP contribution in [0, 0.1) is 0 Å². The molecular weight excluding hydrogens is 517 g/mol. The number of rotatable bonds is 6. The maximum absolute atomic E-state index is 12.8. The number of guanidine groups is 1. The molecule has 0 fully saturated rings. The van der Waals surface area contributed by atoms with Crippen LogP contribution in [0.4, 0.5) is 5.69 Å². The number of anilines is 1. The second-order valence-corrected chi connectivity index (χ2v) is 8.68. The Labute approximate surface area is 192 Å². The summed E-state index contributed by atoms with van der Waals surface area (Å²) in [6.45, 7) is 1.16. The lowest BCUT2D eigenvalue weighted by atomic mass is 10.2. The highest BCUT2D eigenvalue weighted by molar-refractivity contribution is 14.0. The number of pyridine rings is 1. The van der Waals surface area contributed by atoms with Crippen molar-refractivity contribution in [1.29, 1.82) is 0 Å². The van der Waals surface area contributed by atoms with Gasteiger partial charge in [0.1, 0.15) is 0 Å². The molecule has 2 aromatic heterocycles. The molecule has 1 aromatic carbocycles. The van der Waals surface area contributed by atoms with E-state index in [9.17, 15) is 8.42 Å². The number of fused-ring (bicyclic) bond motifs is 2. The van der Waals surface area contributed by atoms with Crippen LogP contribution in [-0.4, -0.2) is 54.9 Å². The fourth-order valence-corrected chi connectivity index (χ4v) is 4.83. The first-order valence-corrected chi connectivity index (χ1v) is 11.0. The van der Waals surface area contributed by atoms with Crippen molar-refractivity contribution in [2.24, 2.45) is 4.99 Å². The zero-order valence-electron chi connectivity index (χ0n) is 16.5. The largest absolute Gasteiger partial charge is 0.355 e. The zero-order chi connectivity index (χ0) is 20.3. The Morgan fingerprint density at radius 3 is 2.77 bits per heavy atom. The number of halogens is 1. The van der Waals surface area contributed by atoms with E-state index in [-0.39, 0.29) is 36.3 Å². The summed E-state index contributed by atoms with van der Waals surface area (Å²) < 4.78 is 28.9. The summed E-state index contributed by atoms with van der Waals surface area (Å²) in [5, 5.41) is 14.5. The molecule has 0 saturated heterocycles. The van der Waals surface area contributed by atoms with Gasteiger partial charge in [-0.25, -0.2) is 8.42 Å². The van der Waals surface area contributed by atoms with E-state index < -0.39 is 10.0 Å². The van der Waals surface area contributed by atoms with E-state index in [1.807, 2.05) is 53.1 Å². The smallest absolute Gasteiger partial charge is 0.236 e. The number of aromatic nitrogens is 3. The van der Waals surface area contributed by atoms with Gasteiger partial charge in [-0.15, -0.1) is 34.2 Å². The average Bonchev–Trinajstić information content (AvgIpc) is 3.35. The second kappa shape index (κ2) is 9.60. The maximum atomic E-state index is 12.8. The quantitative estimate of drug-likeness (QED) is 0.278. The monoisotopic (exact) mass is 541 g/mol. The lowest BCUT2D eigenvalue weighted by Crippen LogP contribution is -2.41. The molecule has 2 N–H and O–H groups in total. The molecule has 0 aliphatic carbocycles. The van der Waals surface area contributed by atoms with Gasteiger partial charge in [0, 0.05) is 26.3 Å². The molecular formula is C19H24IN7O2S. The summed E-state index contributed by atoms with van der Waals surface area (Å²) in [6.07, 6.45) is 2.64. The van der Waals surface area contributed by atoms with Gasteiger partial charge < -0.3 is 10.6 Å². The number of aliphatic imine (C=N–C) groups is 1. The first-order chi connectivity index (χ1) is 14.1. The van der Waals surface area contributed by atoms with Gasteiger partial charge in [-0.2, -0.15) is 0 Å². The number of nitrogens with zero attached hydrogens (tertiary/aromatic N) is 5. The van der Waals surface area contributed by atoms with E-state index in [1.165, 1.54) is 4.31 Å². The molecule has 3 heterocycles. The highest BCUT2D eigenvalue weighted by Gasteiger charge is 2.28. The molecule has 160 valence electrons. The van der Waals surface area contributed by atoms with Crippen molar-refractivity contribution in [2.75, 3.05) is 30.2 Å². The van der Waals surface area contributed by atoms with Crippen LogP contribution in [0.1, 0.15) is 11.4 Å². The molecule has 4 rings (SSSR count). The normalized spacial score (nSPS) is 13.8. The van der Waals surface area contributed by atoms with Gasteiger partial charge in [0.2, 0.25) is 10.0 Å². The van der Waals surface area contributed by atoms with Gasteiger partial charge in [0.15, 0.2) is 17.4 Å². The van der Waals surface area contributed by atoms with E-state index >= 15 is 0 Å². The highest BCUT2D eigenvalue weighted by atomic mass is 127. The fourth-order valence-electron chi connectivity index (χ4n) is 3.40. The lowest BCUT2D eigenvalue weighted by Gasteiger charge is -2.20. The minimum atomic E-state index is -3.40. The van der Waals surface area contributed by atoms with E-state index in [2.05, 4.69) is 25.8 Å². The predicted octanol–water partition coefficient (Wildman–Crippen LogP) is 1.40. The van der Waals surface area contributed by atoms with Crippen molar-refractivity contribution < 1.29 is 8.42 Å². The summed E-state index contributed by atoms with van der Waals surface area (Å²) in [4.78, 5) is 4.15. The van der Waals surface area contributed by atoms with Crippen LogP contribution in [0.15, 0.2) is 53.7 Å². The molecule has 0 atom stereocenters. The number of para-hydroxylation sites is 1. The molecule has 0 bridgehead atoms. The SMILES string of the molecule is CN=C(NCCS(=O)(=O)N1CCc2ccccc21)NCc1nnc2ccccn12.I. The van der Waals surface area contributed by atoms with Crippen LogP contribution in [0.5, 0.6) is 0 Å². The number of sulfonamides is 1. The van der Waals surface area contributed by atoms with Gasteiger partial charge >= 0.3 is 0 Å². The Balaban J connectivity index is 0.00000256. The van der Waals surface area contributed by atoms with Crippen LogP contribution >= 0.6 is 24.0 Å². The number of benzene rings is 1. The Morgan fingerprint density at radius 1 is 1.13 bits per heavy atom. The Kier molecular flexibility index (Phi) is 7.13. The van der Waals surface area contributed by atoms with E-state index in [0.29, 0.717) is 19.0 Å². The third kappa shape index (κ3) is 4.67. The molecule has 0 radical (unpaired) electrons. The molecule has 1 aliphatic rings. The van der Waals surface area contributed by atoms with Crippen LogP contribution in [0.2, 0.25) is 0 Å². The van der Waals surface area contributed by atoms with Crippen molar-refractivity contribution in [3.8, 4) is 0 Å². The van der Waals surface area contributed by atoms with E-state index in [4.69, 9.17) is 0 Å². The summed E-state index contributed by atoms with van der Waals surface area (Å²) in [7, 11) is -1.76.